The van der Waals surface area contributed by atoms with Crippen molar-refractivity contribution in [3.63, 3.8) is 0 Å². The van der Waals surface area contributed by atoms with Gasteiger partial charge in [-0.3, -0.25) is 4.79 Å². The van der Waals surface area contributed by atoms with Crippen molar-refractivity contribution < 1.29 is 26.7 Å². The number of fused-ring (bicyclic) bond motifs is 1. The van der Waals surface area contributed by atoms with Crippen LogP contribution in [0.25, 0.3) is 11.0 Å². The van der Waals surface area contributed by atoms with E-state index in [1.807, 2.05) is 17.6 Å². The normalized spacial score (nSPS) is 12.1. The summed E-state index contributed by atoms with van der Waals surface area (Å²) in [5.41, 5.74) is 1.46. The number of imidazole rings is 1. The zero-order valence-corrected chi connectivity index (χ0v) is 22.4. The maximum absolute atomic E-state index is 14.3. The molecule has 200 valence electrons. The van der Waals surface area contributed by atoms with Crippen LogP contribution in [0.15, 0.2) is 65.6 Å². The Kier molecular flexibility index (Phi) is 7.55. The summed E-state index contributed by atoms with van der Waals surface area (Å²) < 4.78 is 59.7. The number of amides is 1. The molecule has 1 N–H and O–H groups in total. The van der Waals surface area contributed by atoms with Gasteiger partial charge < -0.3 is 14.6 Å². The van der Waals surface area contributed by atoms with E-state index in [4.69, 9.17) is 9.72 Å². The van der Waals surface area contributed by atoms with Gasteiger partial charge in [-0.15, -0.1) is 0 Å². The lowest BCUT2D eigenvalue weighted by molar-refractivity contribution is -0.115. The van der Waals surface area contributed by atoms with E-state index in [-0.39, 0.29) is 28.7 Å². The molecule has 7 nitrogen and oxygen atoms in total. The minimum absolute atomic E-state index is 0.00384. The van der Waals surface area contributed by atoms with Gasteiger partial charge in [-0.05, 0) is 68.8 Å². The lowest BCUT2D eigenvalue weighted by Crippen LogP contribution is -2.30. The summed E-state index contributed by atoms with van der Waals surface area (Å²) in [6.45, 7) is 7.58. The van der Waals surface area contributed by atoms with E-state index in [9.17, 15) is 22.0 Å². The minimum atomic E-state index is -3.37. The number of ether oxygens (including phenoxy) is 1. The third kappa shape index (κ3) is 5.70. The molecule has 0 fully saturated rings. The SMILES string of the molecule is CCn1c(C(C)(C)Oc2ccc(F)cc2F)nc2cc(NC(=O)Cc3cccc(S(=O)(=O)CC)c3)ccc21. The van der Waals surface area contributed by atoms with Gasteiger partial charge >= 0.3 is 0 Å². The summed E-state index contributed by atoms with van der Waals surface area (Å²) in [5.74, 6) is -1.37. The first-order chi connectivity index (χ1) is 17.9. The second-order valence-corrected chi connectivity index (χ2v) is 11.6. The summed E-state index contributed by atoms with van der Waals surface area (Å²) in [5, 5.41) is 2.84. The van der Waals surface area contributed by atoms with Gasteiger partial charge in [0.1, 0.15) is 5.82 Å². The fourth-order valence-electron chi connectivity index (χ4n) is 4.27. The summed E-state index contributed by atoms with van der Waals surface area (Å²) in [6, 6.07) is 14.8. The van der Waals surface area contributed by atoms with Crippen LogP contribution in [0.4, 0.5) is 14.5 Å². The van der Waals surface area contributed by atoms with E-state index < -0.39 is 27.1 Å². The Morgan fingerprint density at radius 2 is 1.82 bits per heavy atom. The number of aromatic nitrogens is 2. The standard InChI is InChI=1S/C28H29F2N3O4S/c1-5-33-24-12-11-20(31-26(34)15-18-8-7-9-21(14-18)38(35,36)6-2)17-23(24)32-27(33)28(3,4)37-25-13-10-19(29)16-22(25)30/h7-14,16-17H,5-6,15H2,1-4H3,(H,31,34). The van der Waals surface area contributed by atoms with Crippen molar-refractivity contribution in [3.05, 3.63) is 83.7 Å². The number of hydrogen-bond donors (Lipinski definition) is 1. The smallest absolute Gasteiger partial charge is 0.228 e. The van der Waals surface area contributed by atoms with Gasteiger partial charge in [-0.25, -0.2) is 22.2 Å². The summed E-state index contributed by atoms with van der Waals surface area (Å²) in [6.07, 6.45) is 0.00384. The molecule has 0 radical (unpaired) electrons. The predicted molar refractivity (Wildman–Crippen MR) is 142 cm³/mol. The topological polar surface area (TPSA) is 90.3 Å². The number of halogens is 2. The van der Waals surface area contributed by atoms with E-state index in [0.29, 0.717) is 29.1 Å². The van der Waals surface area contributed by atoms with Gasteiger partial charge in [0.2, 0.25) is 5.91 Å². The fraction of sp³-hybridized carbons (Fsp3) is 0.286. The highest BCUT2D eigenvalue weighted by molar-refractivity contribution is 7.91. The molecule has 10 heteroatoms. The molecule has 0 unspecified atom stereocenters. The monoisotopic (exact) mass is 541 g/mol. The van der Waals surface area contributed by atoms with E-state index in [0.717, 1.165) is 17.6 Å². The van der Waals surface area contributed by atoms with Crippen molar-refractivity contribution >= 4 is 32.5 Å². The highest BCUT2D eigenvalue weighted by Crippen LogP contribution is 2.32. The number of carbonyl (C=O) groups is 1. The molecule has 1 amide bonds. The molecule has 0 aliphatic carbocycles. The molecule has 0 saturated carbocycles. The molecule has 1 aromatic heterocycles. The minimum Gasteiger partial charge on any atom is -0.477 e. The van der Waals surface area contributed by atoms with E-state index in [1.165, 1.54) is 18.2 Å². The number of benzene rings is 3. The predicted octanol–water partition coefficient (Wildman–Crippen LogP) is 5.62. The number of nitrogens with zero attached hydrogens (tertiary/aromatic N) is 2. The van der Waals surface area contributed by atoms with E-state index in [1.54, 1.807) is 45.0 Å². The second-order valence-electron chi connectivity index (χ2n) is 9.35. The number of nitrogens with one attached hydrogen (secondary N) is 1. The van der Waals surface area contributed by atoms with Crippen LogP contribution in [0.3, 0.4) is 0 Å². The molecule has 4 rings (SSSR count). The zero-order valence-electron chi connectivity index (χ0n) is 21.6. The van der Waals surface area contributed by atoms with E-state index in [2.05, 4.69) is 5.32 Å². The average Bonchev–Trinajstić information content (AvgIpc) is 3.24. The molecule has 0 atom stereocenters. The average molecular weight is 542 g/mol. The number of hydrogen-bond acceptors (Lipinski definition) is 5. The lowest BCUT2D eigenvalue weighted by Gasteiger charge is -2.26. The molecule has 1 heterocycles. The molecule has 0 bridgehead atoms. The third-order valence-electron chi connectivity index (χ3n) is 6.15. The Hall–Kier alpha value is -3.79. The third-order valence-corrected chi connectivity index (χ3v) is 7.88. The Morgan fingerprint density at radius 1 is 1.05 bits per heavy atom. The van der Waals surface area contributed by atoms with Crippen molar-refractivity contribution in [2.24, 2.45) is 0 Å². The number of carbonyl (C=O) groups excluding carboxylic acids is 1. The van der Waals surface area contributed by atoms with Crippen LogP contribution in [0, 0.1) is 11.6 Å². The Morgan fingerprint density at radius 3 is 2.50 bits per heavy atom. The Balaban J connectivity index is 1.57. The van der Waals surface area contributed by atoms with Crippen LogP contribution in [0.5, 0.6) is 5.75 Å². The van der Waals surface area contributed by atoms with Crippen molar-refractivity contribution in [1.29, 1.82) is 0 Å². The van der Waals surface area contributed by atoms with Crippen LogP contribution in [0.1, 0.15) is 39.1 Å². The maximum atomic E-state index is 14.3. The van der Waals surface area contributed by atoms with Crippen molar-refractivity contribution in [3.8, 4) is 5.75 Å². The van der Waals surface area contributed by atoms with E-state index >= 15 is 0 Å². The van der Waals surface area contributed by atoms with Crippen LogP contribution >= 0.6 is 0 Å². The molecular formula is C28H29F2N3O4S. The van der Waals surface area contributed by atoms with Crippen LogP contribution in [-0.2, 0) is 33.2 Å². The first-order valence-electron chi connectivity index (χ1n) is 12.2. The van der Waals surface area contributed by atoms with Gasteiger partial charge in [0, 0.05) is 18.3 Å². The highest BCUT2D eigenvalue weighted by Gasteiger charge is 2.31. The summed E-state index contributed by atoms with van der Waals surface area (Å²) in [4.78, 5) is 17.6. The van der Waals surface area contributed by atoms with Gasteiger partial charge in [-0.2, -0.15) is 0 Å². The molecule has 0 saturated heterocycles. The maximum Gasteiger partial charge on any atom is 0.228 e. The lowest BCUT2D eigenvalue weighted by atomic mass is 10.1. The molecule has 38 heavy (non-hydrogen) atoms. The summed E-state index contributed by atoms with van der Waals surface area (Å²) in [7, 11) is -3.37. The first kappa shape index (κ1) is 27.3. The van der Waals surface area contributed by atoms with Crippen LogP contribution in [-0.4, -0.2) is 29.6 Å². The molecule has 0 aliphatic heterocycles. The molecule has 3 aromatic carbocycles. The first-order valence-corrected chi connectivity index (χ1v) is 13.8. The molecule has 4 aromatic rings. The zero-order chi connectivity index (χ0) is 27.7. The van der Waals surface area contributed by atoms with Crippen molar-refractivity contribution in [2.45, 2.75) is 51.2 Å². The Bertz CT molecular complexity index is 1610. The number of aryl methyl sites for hydroxylation is 1. The number of sulfone groups is 1. The van der Waals surface area contributed by atoms with Crippen molar-refractivity contribution in [1.82, 2.24) is 9.55 Å². The Labute approximate surface area is 220 Å². The molecule has 0 aliphatic rings. The highest BCUT2D eigenvalue weighted by atomic mass is 32.2. The van der Waals surface area contributed by atoms with Crippen LogP contribution < -0.4 is 10.1 Å². The summed E-state index contributed by atoms with van der Waals surface area (Å²) >= 11 is 0. The van der Waals surface area contributed by atoms with Gasteiger partial charge in [-0.1, -0.05) is 19.1 Å². The number of anilines is 1. The largest absolute Gasteiger partial charge is 0.477 e. The van der Waals surface area contributed by atoms with Crippen LogP contribution in [0.2, 0.25) is 0 Å². The molecular weight excluding hydrogens is 512 g/mol. The van der Waals surface area contributed by atoms with Gasteiger partial charge in [0.05, 0.1) is 28.1 Å². The number of rotatable bonds is 9. The van der Waals surface area contributed by atoms with Crippen molar-refractivity contribution in [2.75, 3.05) is 11.1 Å². The fourth-order valence-corrected chi connectivity index (χ4v) is 5.22. The second kappa shape index (κ2) is 10.5. The van der Waals surface area contributed by atoms with Gasteiger partial charge in [0.15, 0.2) is 32.8 Å². The quantitative estimate of drug-likeness (QED) is 0.297. The van der Waals surface area contributed by atoms with Gasteiger partial charge in [0.25, 0.3) is 0 Å². The molecule has 0 spiro atoms.